The van der Waals surface area contributed by atoms with Gasteiger partial charge in [0, 0.05) is 5.69 Å². The van der Waals surface area contributed by atoms with Gasteiger partial charge in [0.2, 0.25) is 0 Å². The number of rotatable bonds is 4. The van der Waals surface area contributed by atoms with Crippen molar-refractivity contribution in [1.82, 2.24) is 0 Å². The molecule has 3 aromatic carbocycles. The quantitative estimate of drug-likeness (QED) is 0.441. The first-order valence-corrected chi connectivity index (χ1v) is 8.19. The highest BCUT2D eigenvalue weighted by atomic mass is 31.1. The summed E-state index contributed by atoms with van der Waals surface area (Å²) in [4.78, 5) is 0. The molecule has 0 spiro atoms. The van der Waals surface area contributed by atoms with Crippen LogP contribution in [0.1, 0.15) is 0 Å². The molecule has 2 nitrogen and oxygen atoms in total. The minimum atomic E-state index is -0.563. The molecule has 21 heavy (non-hydrogen) atoms. The van der Waals surface area contributed by atoms with Gasteiger partial charge in [-0.1, -0.05) is 72.8 Å². The monoisotopic (exact) mass is 292 g/mol. The Morgan fingerprint density at radius 2 is 1.14 bits per heavy atom. The van der Waals surface area contributed by atoms with E-state index in [1.165, 1.54) is 15.9 Å². The summed E-state index contributed by atoms with van der Waals surface area (Å²) in [6.45, 7) is 0. The summed E-state index contributed by atoms with van der Waals surface area (Å²) in [5, 5.41) is 3.97. The largest absolute Gasteiger partial charge is 0.324 e. The second-order valence-electron chi connectivity index (χ2n) is 4.70. The molecule has 0 aromatic heterocycles. The number of nitrogen functional groups attached to an aromatic ring is 1. The van der Waals surface area contributed by atoms with Crippen molar-refractivity contribution in [2.24, 2.45) is 5.84 Å². The normalized spacial score (nSPS) is 10.6. The summed E-state index contributed by atoms with van der Waals surface area (Å²) < 4.78 is 0. The minimum Gasteiger partial charge on any atom is -0.324 e. The van der Waals surface area contributed by atoms with Crippen LogP contribution in [0.5, 0.6) is 0 Å². The van der Waals surface area contributed by atoms with Crippen LogP contribution in [0.4, 0.5) is 5.69 Å². The summed E-state index contributed by atoms with van der Waals surface area (Å²) in [5.74, 6) is 5.55. The minimum absolute atomic E-state index is 0.563. The van der Waals surface area contributed by atoms with Crippen LogP contribution < -0.4 is 27.2 Å². The van der Waals surface area contributed by atoms with Crippen molar-refractivity contribution in [3.05, 3.63) is 84.9 Å². The summed E-state index contributed by atoms with van der Waals surface area (Å²) >= 11 is 0. The van der Waals surface area contributed by atoms with Crippen LogP contribution >= 0.6 is 7.92 Å². The Balaban J connectivity index is 2.12. The lowest BCUT2D eigenvalue weighted by Gasteiger charge is -2.19. The van der Waals surface area contributed by atoms with E-state index in [1.807, 2.05) is 12.1 Å². The van der Waals surface area contributed by atoms with Gasteiger partial charge in [-0.2, -0.15) is 0 Å². The predicted molar refractivity (Wildman–Crippen MR) is 93.0 cm³/mol. The fourth-order valence-corrected chi connectivity index (χ4v) is 4.67. The maximum absolute atomic E-state index is 5.55. The Morgan fingerprint density at radius 3 is 1.67 bits per heavy atom. The first-order valence-electron chi connectivity index (χ1n) is 6.85. The second-order valence-corrected chi connectivity index (χ2v) is 6.92. The van der Waals surface area contributed by atoms with Crippen molar-refractivity contribution in [2.45, 2.75) is 0 Å². The van der Waals surface area contributed by atoms with E-state index in [4.69, 9.17) is 5.84 Å². The number of nitrogens with two attached hydrogens (primary N) is 1. The molecule has 0 aliphatic rings. The molecule has 0 heterocycles. The van der Waals surface area contributed by atoms with Crippen molar-refractivity contribution >= 4 is 29.5 Å². The van der Waals surface area contributed by atoms with Crippen LogP contribution in [0.15, 0.2) is 84.9 Å². The van der Waals surface area contributed by atoms with E-state index in [9.17, 15) is 0 Å². The molecule has 3 rings (SSSR count). The Kier molecular flexibility index (Phi) is 4.30. The molecule has 0 saturated heterocycles. The zero-order valence-corrected chi connectivity index (χ0v) is 12.5. The van der Waals surface area contributed by atoms with Crippen molar-refractivity contribution in [3.63, 3.8) is 0 Å². The lowest BCUT2D eigenvalue weighted by Crippen LogP contribution is -2.21. The van der Waals surface area contributed by atoms with Gasteiger partial charge in [-0.3, -0.25) is 5.84 Å². The van der Waals surface area contributed by atoms with Gasteiger partial charge in [-0.25, -0.2) is 0 Å². The summed E-state index contributed by atoms with van der Waals surface area (Å²) in [6.07, 6.45) is 0. The highest BCUT2D eigenvalue weighted by Crippen LogP contribution is 2.33. The molecule has 104 valence electrons. The summed E-state index contributed by atoms with van der Waals surface area (Å²) in [7, 11) is -0.563. The second kappa shape index (κ2) is 6.53. The first kappa shape index (κ1) is 13.8. The van der Waals surface area contributed by atoms with E-state index in [-0.39, 0.29) is 0 Å². The highest BCUT2D eigenvalue weighted by Gasteiger charge is 2.16. The van der Waals surface area contributed by atoms with Gasteiger partial charge in [0.15, 0.2) is 0 Å². The van der Waals surface area contributed by atoms with Gasteiger partial charge >= 0.3 is 0 Å². The van der Waals surface area contributed by atoms with Crippen LogP contribution in [0.2, 0.25) is 0 Å². The molecule has 0 aliphatic heterocycles. The Morgan fingerprint density at radius 1 is 0.619 bits per heavy atom. The third-order valence-electron chi connectivity index (χ3n) is 3.30. The van der Waals surface area contributed by atoms with Crippen LogP contribution in [0.25, 0.3) is 0 Å². The number of hydrogen-bond donors (Lipinski definition) is 2. The lowest BCUT2D eigenvalue weighted by atomic mass is 10.3. The number of anilines is 1. The molecular weight excluding hydrogens is 275 g/mol. The van der Waals surface area contributed by atoms with Gasteiger partial charge in [0.1, 0.15) is 0 Å². The lowest BCUT2D eigenvalue weighted by molar-refractivity contribution is 1.36. The van der Waals surface area contributed by atoms with E-state index >= 15 is 0 Å². The maximum Gasteiger partial charge on any atom is 0.0491 e. The molecular formula is C18H17N2P. The van der Waals surface area contributed by atoms with Gasteiger partial charge < -0.3 is 5.43 Å². The number of hydrogen-bond acceptors (Lipinski definition) is 2. The average molecular weight is 292 g/mol. The van der Waals surface area contributed by atoms with E-state index in [0.29, 0.717) is 0 Å². The van der Waals surface area contributed by atoms with Crippen molar-refractivity contribution in [2.75, 3.05) is 5.43 Å². The van der Waals surface area contributed by atoms with Crippen LogP contribution in [-0.4, -0.2) is 0 Å². The molecule has 3 heteroatoms. The van der Waals surface area contributed by atoms with E-state index in [0.717, 1.165) is 5.69 Å². The van der Waals surface area contributed by atoms with Crippen LogP contribution in [-0.2, 0) is 0 Å². The topological polar surface area (TPSA) is 38.0 Å². The summed E-state index contributed by atoms with van der Waals surface area (Å²) in [5.41, 5.74) is 3.67. The van der Waals surface area contributed by atoms with E-state index in [2.05, 4.69) is 78.2 Å². The first-order chi connectivity index (χ1) is 10.4. The fraction of sp³-hybridized carbons (Fsp3) is 0. The average Bonchev–Trinajstić information content (AvgIpc) is 2.57. The van der Waals surface area contributed by atoms with Gasteiger partial charge in [0.25, 0.3) is 0 Å². The molecule has 0 saturated carbocycles. The van der Waals surface area contributed by atoms with E-state index in [1.54, 1.807) is 0 Å². The highest BCUT2D eigenvalue weighted by molar-refractivity contribution is 7.79. The molecule has 0 aliphatic carbocycles. The predicted octanol–water partition coefficient (Wildman–Crippen LogP) is 2.73. The van der Waals surface area contributed by atoms with Gasteiger partial charge in [-0.15, -0.1) is 0 Å². The molecule has 0 atom stereocenters. The van der Waals surface area contributed by atoms with Crippen molar-refractivity contribution < 1.29 is 0 Å². The maximum atomic E-state index is 5.55. The Bertz CT molecular complexity index is 659. The zero-order valence-electron chi connectivity index (χ0n) is 11.6. The van der Waals surface area contributed by atoms with Crippen LogP contribution in [0, 0.1) is 0 Å². The van der Waals surface area contributed by atoms with Crippen molar-refractivity contribution in [1.29, 1.82) is 0 Å². The zero-order chi connectivity index (χ0) is 14.5. The standard InChI is InChI=1S/C18H17N2P/c19-20-15-8-7-13-18(14-15)21(16-9-3-1-4-10-16)17-11-5-2-6-12-17/h1-14,20H,19H2. The number of hydrazine groups is 1. The third kappa shape index (κ3) is 3.13. The Labute approximate surface area is 126 Å². The van der Waals surface area contributed by atoms with Gasteiger partial charge in [-0.05, 0) is 36.0 Å². The van der Waals surface area contributed by atoms with E-state index < -0.39 is 7.92 Å². The van der Waals surface area contributed by atoms with Crippen molar-refractivity contribution in [3.8, 4) is 0 Å². The number of nitrogens with one attached hydrogen (secondary N) is 1. The molecule has 3 aromatic rings. The smallest absolute Gasteiger partial charge is 0.0491 e. The third-order valence-corrected chi connectivity index (χ3v) is 5.72. The van der Waals surface area contributed by atoms with Gasteiger partial charge in [0.05, 0.1) is 0 Å². The molecule has 0 bridgehead atoms. The molecule has 0 unspecified atom stereocenters. The SMILES string of the molecule is NNc1cccc(P(c2ccccc2)c2ccccc2)c1. The molecule has 0 amide bonds. The number of benzene rings is 3. The molecule has 0 fully saturated rings. The van der Waals surface area contributed by atoms with Crippen LogP contribution in [0.3, 0.4) is 0 Å². The summed E-state index contributed by atoms with van der Waals surface area (Å²) in [6, 6.07) is 29.6. The molecule has 0 radical (unpaired) electrons. The fourth-order valence-electron chi connectivity index (χ4n) is 2.34. The molecule has 3 N–H and O–H groups in total. The Hall–Kier alpha value is -2.15.